The minimum atomic E-state index is -0.870. The van der Waals surface area contributed by atoms with Crippen LogP contribution in [0.1, 0.15) is 28.8 Å². The van der Waals surface area contributed by atoms with Crippen molar-refractivity contribution in [1.82, 2.24) is 10.2 Å². The van der Waals surface area contributed by atoms with Gasteiger partial charge in [-0.15, -0.1) is 0 Å². The second kappa shape index (κ2) is 5.98. The smallest absolute Gasteiger partial charge is 0.335 e. The standard InChI is InChI=1S/C14H20N2O2/c1-16(13-5-6-13)8-7-15-10-11-3-2-4-12(9-11)14(17)18/h2-4,9,13,15H,5-8,10H2,1H3,(H,17,18). The number of aromatic carboxylic acids is 1. The number of likely N-dealkylation sites (N-methyl/N-ethyl adjacent to an activating group) is 1. The first kappa shape index (κ1) is 13.1. The first-order valence-electron chi connectivity index (χ1n) is 6.40. The number of nitrogens with zero attached hydrogens (tertiary/aromatic N) is 1. The predicted molar refractivity (Wildman–Crippen MR) is 70.8 cm³/mol. The molecule has 4 nitrogen and oxygen atoms in total. The summed E-state index contributed by atoms with van der Waals surface area (Å²) in [5.74, 6) is -0.870. The summed E-state index contributed by atoms with van der Waals surface area (Å²) in [6, 6.07) is 7.87. The normalized spacial score (nSPS) is 15.0. The average molecular weight is 248 g/mol. The van der Waals surface area contributed by atoms with Crippen LogP contribution in [0.2, 0.25) is 0 Å². The molecule has 1 fully saturated rings. The van der Waals surface area contributed by atoms with Crippen molar-refractivity contribution in [3.05, 3.63) is 35.4 Å². The Morgan fingerprint density at radius 1 is 1.50 bits per heavy atom. The Morgan fingerprint density at radius 2 is 2.28 bits per heavy atom. The van der Waals surface area contributed by atoms with Gasteiger partial charge in [0.1, 0.15) is 0 Å². The number of carbonyl (C=O) groups is 1. The van der Waals surface area contributed by atoms with Gasteiger partial charge < -0.3 is 15.3 Å². The Hall–Kier alpha value is -1.39. The predicted octanol–water partition coefficient (Wildman–Crippen LogP) is 1.57. The summed E-state index contributed by atoms with van der Waals surface area (Å²) in [5, 5.41) is 12.2. The molecule has 0 bridgehead atoms. The van der Waals surface area contributed by atoms with Crippen LogP contribution in [0.15, 0.2) is 24.3 Å². The van der Waals surface area contributed by atoms with E-state index in [1.54, 1.807) is 18.2 Å². The highest BCUT2D eigenvalue weighted by atomic mass is 16.4. The maximum Gasteiger partial charge on any atom is 0.335 e. The molecular weight excluding hydrogens is 228 g/mol. The Balaban J connectivity index is 1.72. The van der Waals surface area contributed by atoms with E-state index < -0.39 is 5.97 Å². The molecule has 0 saturated heterocycles. The number of carboxylic acid groups (broad SMARTS) is 1. The minimum absolute atomic E-state index is 0.351. The van der Waals surface area contributed by atoms with Crippen LogP contribution in [-0.2, 0) is 6.54 Å². The molecule has 1 aliphatic rings. The lowest BCUT2D eigenvalue weighted by atomic mass is 10.1. The van der Waals surface area contributed by atoms with Crippen molar-refractivity contribution in [3.63, 3.8) is 0 Å². The molecule has 0 aromatic heterocycles. The number of carboxylic acids is 1. The van der Waals surface area contributed by atoms with Gasteiger partial charge in [-0.3, -0.25) is 0 Å². The maximum atomic E-state index is 10.8. The van der Waals surface area contributed by atoms with Crippen LogP contribution >= 0.6 is 0 Å². The topological polar surface area (TPSA) is 52.6 Å². The van der Waals surface area contributed by atoms with Gasteiger partial charge in [0.15, 0.2) is 0 Å². The Labute approximate surface area is 108 Å². The molecule has 0 unspecified atom stereocenters. The van der Waals surface area contributed by atoms with E-state index in [9.17, 15) is 4.79 Å². The lowest BCUT2D eigenvalue weighted by Gasteiger charge is -2.15. The van der Waals surface area contributed by atoms with E-state index in [1.807, 2.05) is 6.07 Å². The molecule has 0 atom stereocenters. The van der Waals surface area contributed by atoms with Gasteiger partial charge in [-0.1, -0.05) is 12.1 Å². The van der Waals surface area contributed by atoms with Crippen molar-refractivity contribution >= 4 is 5.97 Å². The molecule has 4 heteroatoms. The largest absolute Gasteiger partial charge is 0.478 e. The van der Waals surface area contributed by atoms with Gasteiger partial charge in [0.05, 0.1) is 5.56 Å². The number of rotatable bonds is 7. The summed E-state index contributed by atoms with van der Waals surface area (Å²) in [6.45, 7) is 2.70. The fourth-order valence-electron chi connectivity index (χ4n) is 2.00. The van der Waals surface area contributed by atoms with E-state index in [0.717, 1.165) is 31.2 Å². The molecule has 2 rings (SSSR count). The fraction of sp³-hybridized carbons (Fsp3) is 0.500. The van der Waals surface area contributed by atoms with Crippen molar-refractivity contribution in [3.8, 4) is 0 Å². The molecular formula is C14H20N2O2. The van der Waals surface area contributed by atoms with Crippen LogP contribution in [0.5, 0.6) is 0 Å². The number of benzene rings is 1. The molecule has 0 heterocycles. The average Bonchev–Trinajstić information content (AvgIpc) is 3.19. The highest BCUT2D eigenvalue weighted by Gasteiger charge is 2.25. The third-order valence-electron chi connectivity index (χ3n) is 3.31. The molecule has 18 heavy (non-hydrogen) atoms. The van der Waals surface area contributed by atoms with Crippen LogP contribution in [-0.4, -0.2) is 42.2 Å². The highest BCUT2D eigenvalue weighted by molar-refractivity contribution is 5.87. The van der Waals surface area contributed by atoms with Crippen molar-refractivity contribution < 1.29 is 9.90 Å². The van der Waals surface area contributed by atoms with Gasteiger partial charge >= 0.3 is 5.97 Å². The van der Waals surface area contributed by atoms with E-state index in [-0.39, 0.29) is 0 Å². The quantitative estimate of drug-likeness (QED) is 0.719. The monoisotopic (exact) mass is 248 g/mol. The van der Waals surface area contributed by atoms with Gasteiger partial charge in [-0.25, -0.2) is 4.79 Å². The van der Waals surface area contributed by atoms with E-state index in [2.05, 4.69) is 17.3 Å². The van der Waals surface area contributed by atoms with Gasteiger partial charge in [-0.2, -0.15) is 0 Å². The van der Waals surface area contributed by atoms with Gasteiger partial charge in [0.2, 0.25) is 0 Å². The Bertz CT molecular complexity index is 416. The number of nitrogens with one attached hydrogen (secondary N) is 1. The van der Waals surface area contributed by atoms with Gasteiger partial charge in [0, 0.05) is 25.7 Å². The zero-order valence-electron chi connectivity index (χ0n) is 10.7. The van der Waals surface area contributed by atoms with E-state index in [1.165, 1.54) is 12.8 Å². The Morgan fingerprint density at radius 3 is 2.94 bits per heavy atom. The van der Waals surface area contributed by atoms with Crippen molar-refractivity contribution in [2.75, 3.05) is 20.1 Å². The molecule has 0 amide bonds. The molecule has 1 aromatic rings. The summed E-state index contributed by atoms with van der Waals surface area (Å²) in [4.78, 5) is 13.2. The van der Waals surface area contributed by atoms with Crippen LogP contribution in [0.25, 0.3) is 0 Å². The summed E-state index contributed by atoms with van der Waals surface area (Å²) >= 11 is 0. The molecule has 0 radical (unpaired) electrons. The molecule has 1 saturated carbocycles. The molecule has 2 N–H and O–H groups in total. The fourth-order valence-corrected chi connectivity index (χ4v) is 2.00. The highest BCUT2D eigenvalue weighted by Crippen LogP contribution is 2.24. The lowest BCUT2D eigenvalue weighted by molar-refractivity contribution is 0.0696. The van der Waals surface area contributed by atoms with Crippen LogP contribution in [0.4, 0.5) is 0 Å². The zero-order chi connectivity index (χ0) is 13.0. The lowest BCUT2D eigenvalue weighted by Crippen LogP contribution is -2.30. The number of hydrogen-bond acceptors (Lipinski definition) is 3. The first-order valence-corrected chi connectivity index (χ1v) is 6.40. The third kappa shape index (κ3) is 3.82. The molecule has 1 aromatic carbocycles. The number of hydrogen-bond donors (Lipinski definition) is 2. The summed E-state index contributed by atoms with van der Waals surface area (Å²) in [5.41, 5.74) is 1.37. The second-order valence-corrected chi connectivity index (χ2v) is 4.89. The summed E-state index contributed by atoms with van der Waals surface area (Å²) in [6.07, 6.45) is 2.66. The Kier molecular flexibility index (Phi) is 4.33. The third-order valence-corrected chi connectivity index (χ3v) is 3.31. The SMILES string of the molecule is CN(CCNCc1cccc(C(=O)O)c1)C1CC1. The molecule has 0 spiro atoms. The molecule has 1 aliphatic carbocycles. The summed E-state index contributed by atoms with van der Waals surface area (Å²) < 4.78 is 0. The van der Waals surface area contributed by atoms with Crippen LogP contribution in [0, 0.1) is 0 Å². The minimum Gasteiger partial charge on any atom is -0.478 e. The van der Waals surface area contributed by atoms with Crippen LogP contribution < -0.4 is 5.32 Å². The van der Waals surface area contributed by atoms with Gasteiger partial charge in [-0.05, 0) is 37.6 Å². The van der Waals surface area contributed by atoms with Crippen molar-refractivity contribution in [1.29, 1.82) is 0 Å². The first-order chi connectivity index (χ1) is 8.66. The molecule has 0 aliphatic heterocycles. The van der Waals surface area contributed by atoms with Crippen molar-refractivity contribution in [2.45, 2.75) is 25.4 Å². The van der Waals surface area contributed by atoms with Crippen molar-refractivity contribution in [2.24, 2.45) is 0 Å². The second-order valence-electron chi connectivity index (χ2n) is 4.89. The van der Waals surface area contributed by atoms with E-state index >= 15 is 0 Å². The maximum absolute atomic E-state index is 10.8. The summed E-state index contributed by atoms with van der Waals surface area (Å²) in [7, 11) is 2.16. The van der Waals surface area contributed by atoms with E-state index in [0.29, 0.717) is 5.56 Å². The van der Waals surface area contributed by atoms with E-state index in [4.69, 9.17) is 5.11 Å². The zero-order valence-corrected chi connectivity index (χ0v) is 10.7. The van der Waals surface area contributed by atoms with Gasteiger partial charge in [0.25, 0.3) is 0 Å². The van der Waals surface area contributed by atoms with Crippen LogP contribution in [0.3, 0.4) is 0 Å². The molecule has 98 valence electrons.